The van der Waals surface area contributed by atoms with Gasteiger partial charge in [-0.2, -0.15) is 0 Å². The zero-order chi connectivity index (χ0) is 13.7. The van der Waals surface area contributed by atoms with Crippen LogP contribution >= 0.6 is 0 Å². The Kier molecular flexibility index (Phi) is 3.75. The van der Waals surface area contributed by atoms with Gasteiger partial charge in [0.15, 0.2) is 5.54 Å². The fourth-order valence-corrected chi connectivity index (χ4v) is 1.97. The van der Waals surface area contributed by atoms with Crippen LogP contribution in [0.4, 0.5) is 5.82 Å². The monoisotopic (exact) mass is 256 g/mol. The predicted octanol–water partition coefficient (Wildman–Crippen LogP) is 1.68. The summed E-state index contributed by atoms with van der Waals surface area (Å²) in [6.45, 7) is 1.88. The number of hydrogen-bond acceptors (Lipinski definition) is 4. The lowest BCUT2D eigenvalue weighted by Crippen LogP contribution is -2.48. The Morgan fingerprint density at radius 1 is 1.21 bits per heavy atom. The van der Waals surface area contributed by atoms with Crippen LogP contribution in [-0.4, -0.2) is 15.9 Å². The molecule has 0 aliphatic rings. The molecule has 0 spiro atoms. The number of aromatic nitrogens is 2. The second-order valence-corrected chi connectivity index (χ2v) is 4.18. The molecule has 1 unspecified atom stereocenters. The smallest absolute Gasteiger partial charge is 0.249 e. The van der Waals surface area contributed by atoms with E-state index < -0.39 is 11.4 Å². The van der Waals surface area contributed by atoms with E-state index in [9.17, 15) is 4.79 Å². The molecule has 0 radical (unpaired) electrons. The fraction of sp³-hybridized carbons (Fsp3) is 0.214. The first-order chi connectivity index (χ1) is 9.19. The molecule has 1 atom stereocenters. The minimum absolute atomic E-state index is 0.473. The van der Waals surface area contributed by atoms with E-state index in [-0.39, 0.29) is 0 Å². The van der Waals surface area contributed by atoms with Crippen molar-refractivity contribution in [1.82, 2.24) is 9.97 Å². The maximum Gasteiger partial charge on any atom is 0.249 e. The number of anilines is 1. The molecular weight excluding hydrogens is 240 g/mol. The third kappa shape index (κ3) is 2.54. The van der Waals surface area contributed by atoms with Gasteiger partial charge < -0.3 is 11.1 Å². The normalized spacial score (nSPS) is 13.5. The molecule has 2 aromatic rings. The lowest BCUT2D eigenvalue weighted by Gasteiger charge is -2.30. The molecule has 2 heterocycles. The van der Waals surface area contributed by atoms with Crippen LogP contribution in [0.2, 0.25) is 0 Å². The maximum atomic E-state index is 11.9. The van der Waals surface area contributed by atoms with E-state index in [1.54, 1.807) is 30.6 Å². The minimum atomic E-state index is -1.05. The number of carbonyl (C=O) groups is 1. The third-order valence-corrected chi connectivity index (χ3v) is 3.06. The molecule has 3 N–H and O–H groups in total. The van der Waals surface area contributed by atoms with E-state index in [1.807, 2.05) is 25.1 Å². The van der Waals surface area contributed by atoms with Crippen molar-refractivity contribution in [3.63, 3.8) is 0 Å². The molecule has 2 rings (SSSR count). The van der Waals surface area contributed by atoms with Crippen molar-refractivity contribution in [2.75, 3.05) is 5.32 Å². The van der Waals surface area contributed by atoms with E-state index >= 15 is 0 Å². The molecular formula is C14H16N4O. The lowest BCUT2D eigenvalue weighted by molar-refractivity contribution is -0.122. The first-order valence-electron chi connectivity index (χ1n) is 6.09. The van der Waals surface area contributed by atoms with Crippen LogP contribution in [0, 0.1) is 0 Å². The minimum Gasteiger partial charge on any atom is -0.367 e. The second kappa shape index (κ2) is 5.48. The van der Waals surface area contributed by atoms with Crippen LogP contribution < -0.4 is 11.1 Å². The van der Waals surface area contributed by atoms with Crippen LogP contribution in [0.1, 0.15) is 19.0 Å². The van der Waals surface area contributed by atoms with E-state index in [1.165, 1.54) is 0 Å². The molecule has 2 aromatic heterocycles. The first-order valence-corrected chi connectivity index (χ1v) is 6.09. The number of nitrogens with two attached hydrogens (primary N) is 1. The number of amides is 1. The van der Waals surface area contributed by atoms with E-state index in [0.29, 0.717) is 17.9 Å². The van der Waals surface area contributed by atoms with E-state index in [2.05, 4.69) is 15.3 Å². The number of rotatable bonds is 5. The highest BCUT2D eigenvalue weighted by Crippen LogP contribution is 2.27. The number of nitrogens with zero attached hydrogens (tertiary/aromatic N) is 2. The average molecular weight is 256 g/mol. The summed E-state index contributed by atoms with van der Waals surface area (Å²) in [6.07, 6.45) is 3.78. The summed E-state index contributed by atoms with van der Waals surface area (Å²) in [5, 5.41) is 3.11. The molecule has 0 aromatic carbocycles. The number of nitrogens with one attached hydrogen (secondary N) is 1. The topological polar surface area (TPSA) is 80.9 Å². The Morgan fingerprint density at radius 3 is 2.37 bits per heavy atom. The van der Waals surface area contributed by atoms with Crippen LogP contribution in [0.25, 0.3) is 0 Å². The van der Waals surface area contributed by atoms with Gasteiger partial charge in [0.1, 0.15) is 5.82 Å². The highest BCUT2D eigenvalue weighted by atomic mass is 16.1. The largest absolute Gasteiger partial charge is 0.367 e. The first kappa shape index (κ1) is 13.0. The summed E-state index contributed by atoms with van der Waals surface area (Å²) in [5.74, 6) is 0.119. The number of hydrogen-bond donors (Lipinski definition) is 2. The molecule has 19 heavy (non-hydrogen) atoms. The molecule has 98 valence electrons. The van der Waals surface area contributed by atoms with Crippen molar-refractivity contribution >= 4 is 11.7 Å². The summed E-state index contributed by atoms with van der Waals surface area (Å²) in [7, 11) is 0. The van der Waals surface area contributed by atoms with Crippen molar-refractivity contribution in [1.29, 1.82) is 0 Å². The Hall–Kier alpha value is -2.43. The van der Waals surface area contributed by atoms with Gasteiger partial charge in [-0.1, -0.05) is 19.1 Å². The molecule has 0 bridgehead atoms. The van der Waals surface area contributed by atoms with Gasteiger partial charge in [-0.25, -0.2) is 4.98 Å². The number of primary amides is 1. The molecule has 0 saturated heterocycles. The summed E-state index contributed by atoms with van der Waals surface area (Å²) in [6, 6.07) is 10.8. The third-order valence-electron chi connectivity index (χ3n) is 3.06. The number of carbonyl (C=O) groups excluding carboxylic acids is 1. The Morgan fingerprint density at radius 2 is 1.89 bits per heavy atom. The molecule has 0 fully saturated rings. The quantitative estimate of drug-likeness (QED) is 0.852. The summed E-state index contributed by atoms with van der Waals surface area (Å²) in [4.78, 5) is 20.4. The predicted molar refractivity (Wildman–Crippen MR) is 73.3 cm³/mol. The van der Waals surface area contributed by atoms with E-state index in [0.717, 1.165) is 0 Å². The molecule has 0 aliphatic heterocycles. The standard InChI is InChI=1S/C14H16N4O/c1-2-14(13(15)19,11-7-3-5-9-16-11)18-12-8-4-6-10-17-12/h3-10H,2H2,1H3,(H2,15,19)(H,17,18). The second-order valence-electron chi connectivity index (χ2n) is 4.18. The molecule has 0 aliphatic carbocycles. The van der Waals surface area contributed by atoms with Crippen molar-refractivity contribution < 1.29 is 4.79 Å². The van der Waals surface area contributed by atoms with Crippen molar-refractivity contribution in [3.8, 4) is 0 Å². The van der Waals surface area contributed by atoms with Crippen molar-refractivity contribution in [3.05, 3.63) is 54.5 Å². The summed E-state index contributed by atoms with van der Waals surface area (Å²) in [5.41, 5.74) is 5.14. The molecule has 5 nitrogen and oxygen atoms in total. The average Bonchev–Trinajstić information content (AvgIpc) is 2.46. The molecule has 1 amide bonds. The van der Waals surface area contributed by atoms with Crippen molar-refractivity contribution in [2.24, 2.45) is 5.73 Å². The zero-order valence-corrected chi connectivity index (χ0v) is 10.7. The molecule has 0 saturated carbocycles. The van der Waals surface area contributed by atoms with E-state index in [4.69, 9.17) is 5.73 Å². The van der Waals surface area contributed by atoms with Crippen LogP contribution in [0.5, 0.6) is 0 Å². The molecule has 5 heteroatoms. The van der Waals surface area contributed by atoms with Gasteiger partial charge >= 0.3 is 0 Å². The zero-order valence-electron chi connectivity index (χ0n) is 10.7. The van der Waals surface area contributed by atoms with Crippen LogP contribution in [0.3, 0.4) is 0 Å². The summed E-state index contributed by atoms with van der Waals surface area (Å²) < 4.78 is 0. The highest BCUT2D eigenvalue weighted by molar-refractivity contribution is 5.88. The summed E-state index contributed by atoms with van der Waals surface area (Å²) >= 11 is 0. The van der Waals surface area contributed by atoms with Gasteiger partial charge in [0.05, 0.1) is 5.69 Å². The van der Waals surface area contributed by atoms with Crippen molar-refractivity contribution in [2.45, 2.75) is 18.9 Å². The van der Waals surface area contributed by atoms with Gasteiger partial charge in [-0.3, -0.25) is 9.78 Å². The van der Waals surface area contributed by atoms with Gasteiger partial charge in [-0.15, -0.1) is 0 Å². The van der Waals surface area contributed by atoms with Crippen LogP contribution in [-0.2, 0) is 10.3 Å². The van der Waals surface area contributed by atoms with Gasteiger partial charge in [0.25, 0.3) is 0 Å². The van der Waals surface area contributed by atoms with Gasteiger partial charge in [0, 0.05) is 12.4 Å². The number of pyridine rings is 2. The maximum absolute atomic E-state index is 11.9. The SMILES string of the molecule is CCC(Nc1ccccn1)(C(N)=O)c1ccccn1. The Bertz CT molecular complexity index is 544. The lowest BCUT2D eigenvalue weighted by atomic mass is 9.90. The Labute approximate surface area is 111 Å². The highest BCUT2D eigenvalue weighted by Gasteiger charge is 2.38. The Balaban J connectivity index is 2.44. The fourth-order valence-electron chi connectivity index (χ4n) is 1.97. The van der Waals surface area contributed by atoms with Gasteiger partial charge in [-0.05, 0) is 30.7 Å². The van der Waals surface area contributed by atoms with Gasteiger partial charge in [0.2, 0.25) is 5.91 Å². The van der Waals surface area contributed by atoms with Crippen LogP contribution in [0.15, 0.2) is 48.8 Å².